The first kappa shape index (κ1) is 16.9. The fourth-order valence-corrected chi connectivity index (χ4v) is 2.10. The van der Waals surface area contributed by atoms with Crippen molar-refractivity contribution in [2.45, 2.75) is 45.3 Å². The van der Waals surface area contributed by atoms with Crippen LogP contribution in [0.3, 0.4) is 0 Å². The van der Waals surface area contributed by atoms with Crippen LogP contribution in [0.25, 0.3) is 0 Å². The van der Waals surface area contributed by atoms with Gasteiger partial charge in [0.2, 0.25) is 0 Å². The van der Waals surface area contributed by atoms with Crippen LogP contribution in [0.2, 0.25) is 0 Å². The zero-order valence-electron chi connectivity index (χ0n) is 12.4. The molecule has 1 aromatic carbocycles. The fraction of sp³-hybridized carbons (Fsp3) is 0.529. The smallest absolute Gasteiger partial charge is 0.123 e. The number of unbranched alkanes of at least 4 members (excludes halogenated alkanes) is 1. The molecular weight excluding hydrogens is 255 g/mol. The molecule has 20 heavy (non-hydrogen) atoms. The average molecular weight is 280 g/mol. The number of hydrogen-bond donors (Lipinski definition) is 1. The van der Waals surface area contributed by atoms with Crippen LogP contribution in [-0.2, 0) is 11.2 Å². The fourth-order valence-electron chi connectivity index (χ4n) is 2.10. The third kappa shape index (κ3) is 5.43. The standard InChI is InChI=1S/C17H25FO2/c1-4-6-11-20-13(3)17(19)15(5-2)12-14-7-9-16(18)10-8-14/h5,7-10,13,15,17,19H,2,4,6,11-12H2,1,3H3/t13-,15+,17-/m0/s1. The number of aliphatic hydroxyl groups excluding tert-OH is 1. The highest BCUT2D eigenvalue weighted by molar-refractivity contribution is 5.17. The SMILES string of the molecule is C=C[C@H](Cc1ccc(F)cc1)[C@@H](O)[C@H](C)OCCCC. The van der Waals surface area contributed by atoms with Crippen LogP contribution in [-0.4, -0.2) is 23.9 Å². The first-order valence-electron chi connectivity index (χ1n) is 7.25. The lowest BCUT2D eigenvalue weighted by Crippen LogP contribution is -2.34. The summed E-state index contributed by atoms with van der Waals surface area (Å²) in [4.78, 5) is 0. The van der Waals surface area contributed by atoms with Crippen molar-refractivity contribution in [1.82, 2.24) is 0 Å². The van der Waals surface area contributed by atoms with Crippen molar-refractivity contribution in [3.05, 3.63) is 48.3 Å². The summed E-state index contributed by atoms with van der Waals surface area (Å²) < 4.78 is 18.5. The summed E-state index contributed by atoms with van der Waals surface area (Å²) in [5.74, 6) is -0.349. The Hall–Kier alpha value is -1.19. The Bertz CT molecular complexity index is 388. The number of aliphatic hydroxyl groups is 1. The third-order valence-electron chi connectivity index (χ3n) is 3.49. The molecule has 0 radical (unpaired) electrons. The van der Waals surface area contributed by atoms with Crippen molar-refractivity contribution in [3.63, 3.8) is 0 Å². The van der Waals surface area contributed by atoms with Crippen molar-refractivity contribution in [3.8, 4) is 0 Å². The highest BCUT2D eigenvalue weighted by atomic mass is 19.1. The molecule has 0 aromatic heterocycles. The van der Waals surface area contributed by atoms with E-state index < -0.39 is 6.10 Å². The first-order valence-corrected chi connectivity index (χ1v) is 7.25. The molecule has 0 aliphatic rings. The van der Waals surface area contributed by atoms with Crippen LogP contribution < -0.4 is 0 Å². The van der Waals surface area contributed by atoms with Crippen LogP contribution in [0.4, 0.5) is 4.39 Å². The minimum atomic E-state index is -0.602. The largest absolute Gasteiger partial charge is 0.390 e. The first-order chi connectivity index (χ1) is 9.58. The molecule has 0 saturated carbocycles. The molecule has 0 amide bonds. The second-order valence-electron chi connectivity index (χ2n) is 5.15. The average Bonchev–Trinajstić information content (AvgIpc) is 2.46. The molecule has 0 aliphatic carbocycles. The van der Waals surface area contributed by atoms with Gasteiger partial charge in [-0.2, -0.15) is 0 Å². The van der Waals surface area contributed by atoms with Gasteiger partial charge in [0.05, 0.1) is 12.2 Å². The number of rotatable bonds is 9. The second kappa shape index (κ2) is 8.88. The molecule has 3 heteroatoms. The molecule has 3 atom stereocenters. The molecule has 1 rings (SSSR count). The van der Waals surface area contributed by atoms with E-state index in [0.717, 1.165) is 18.4 Å². The van der Waals surface area contributed by atoms with E-state index in [4.69, 9.17) is 4.74 Å². The van der Waals surface area contributed by atoms with Gasteiger partial charge < -0.3 is 9.84 Å². The van der Waals surface area contributed by atoms with Crippen LogP contribution in [0.15, 0.2) is 36.9 Å². The van der Waals surface area contributed by atoms with E-state index in [0.29, 0.717) is 13.0 Å². The second-order valence-corrected chi connectivity index (χ2v) is 5.15. The quantitative estimate of drug-likeness (QED) is 0.551. The number of hydrogen-bond acceptors (Lipinski definition) is 2. The van der Waals surface area contributed by atoms with Crippen molar-refractivity contribution < 1.29 is 14.2 Å². The molecule has 0 fully saturated rings. The molecule has 0 aliphatic heterocycles. The summed E-state index contributed by atoms with van der Waals surface area (Å²) in [5, 5.41) is 10.3. The van der Waals surface area contributed by atoms with Crippen LogP contribution in [0.1, 0.15) is 32.3 Å². The Labute approximate surface area is 121 Å². The topological polar surface area (TPSA) is 29.5 Å². The molecule has 0 spiro atoms. The van der Waals surface area contributed by atoms with Gasteiger partial charge in [0.15, 0.2) is 0 Å². The van der Waals surface area contributed by atoms with Crippen molar-refractivity contribution in [1.29, 1.82) is 0 Å². The molecule has 0 bridgehead atoms. The minimum Gasteiger partial charge on any atom is -0.390 e. The predicted molar refractivity (Wildman–Crippen MR) is 80.1 cm³/mol. The van der Waals surface area contributed by atoms with Crippen molar-refractivity contribution >= 4 is 0 Å². The van der Waals surface area contributed by atoms with E-state index in [1.165, 1.54) is 12.1 Å². The van der Waals surface area contributed by atoms with Gasteiger partial charge in [0, 0.05) is 12.5 Å². The maximum atomic E-state index is 12.9. The monoisotopic (exact) mass is 280 g/mol. The highest BCUT2D eigenvalue weighted by Gasteiger charge is 2.23. The van der Waals surface area contributed by atoms with Gasteiger partial charge in [0.25, 0.3) is 0 Å². The van der Waals surface area contributed by atoms with Gasteiger partial charge in [-0.25, -0.2) is 4.39 Å². The van der Waals surface area contributed by atoms with Crippen LogP contribution >= 0.6 is 0 Å². The number of benzene rings is 1. The summed E-state index contributed by atoms with van der Waals surface area (Å²) in [6.07, 6.45) is 3.61. The van der Waals surface area contributed by atoms with Gasteiger partial charge in [-0.3, -0.25) is 0 Å². The zero-order valence-corrected chi connectivity index (χ0v) is 12.4. The lowest BCUT2D eigenvalue weighted by Gasteiger charge is -2.25. The molecule has 0 saturated heterocycles. The molecule has 1 N–H and O–H groups in total. The van der Waals surface area contributed by atoms with E-state index in [1.54, 1.807) is 18.2 Å². The van der Waals surface area contributed by atoms with E-state index >= 15 is 0 Å². The lowest BCUT2D eigenvalue weighted by molar-refractivity contribution is -0.0445. The van der Waals surface area contributed by atoms with Crippen LogP contribution in [0, 0.1) is 11.7 Å². The maximum Gasteiger partial charge on any atom is 0.123 e. The van der Waals surface area contributed by atoms with Gasteiger partial charge in [-0.1, -0.05) is 31.6 Å². The van der Waals surface area contributed by atoms with Gasteiger partial charge in [-0.05, 0) is 37.5 Å². The van der Waals surface area contributed by atoms with Crippen molar-refractivity contribution in [2.75, 3.05) is 6.61 Å². The van der Waals surface area contributed by atoms with E-state index in [2.05, 4.69) is 13.5 Å². The van der Waals surface area contributed by atoms with Gasteiger partial charge in [0.1, 0.15) is 5.82 Å². The molecule has 2 nitrogen and oxygen atoms in total. The Kier molecular flexibility index (Phi) is 7.48. The summed E-state index contributed by atoms with van der Waals surface area (Å²) in [7, 11) is 0. The van der Waals surface area contributed by atoms with E-state index in [-0.39, 0.29) is 17.8 Å². The number of halogens is 1. The normalized spacial score (nSPS) is 15.6. The molecule has 0 unspecified atom stereocenters. The molecule has 112 valence electrons. The predicted octanol–water partition coefficient (Wildman–Crippen LogP) is 3.74. The Morgan fingerprint density at radius 3 is 2.55 bits per heavy atom. The molecule has 0 heterocycles. The maximum absolute atomic E-state index is 12.9. The summed E-state index contributed by atoms with van der Waals surface area (Å²) in [6, 6.07) is 6.34. The minimum absolute atomic E-state index is 0.0999. The lowest BCUT2D eigenvalue weighted by atomic mass is 9.91. The van der Waals surface area contributed by atoms with E-state index in [1.807, 2.05) is 6.92 Å². The molecular formula is C17H25FO2. The zero-order chi connectivity index (χ0) is 15.0. The van der Waals surface area contributed by atoms with E-state index in [9.17, 15) is 9.50 Å². The summed E-state index contributed by atoms with van der Waals surface area (Å²) in [6.45, 7) is 8.43. The third-order valence-corrected chi connectivity index (χ3v) is 3.49. The Balaban J connectivity index is 2.55. The molecule has 1 aromatic rings. The van der Waals surface area contributed by atoms with Gasteiger partial charge in [-0.15, -0.1) is 6.58 Å². The summed E-state index contributed by atoms with van der Waals surface area (Å²) in [5.41, 5.74) is 0.983. The van der Waals surface area contributed by atoms with Gasteiger partial charge >= 0.3 is 0 Å². The highest BCUT2D eigenvalue weighted by Crippen LogP contribution is 2.18. The summed E-state index contributed by atoms with van der Waals surface area (Å²) >= 11 is 0. The Morgan fingerprint density at radius 2 is 2.00 bits per heavy atom. The van der Waals surface area contributed by atoms with Crippen LogP contribution in [0.5, 0.6) is 0 Å². The number of ether oxygens (including phenoxy) is 1. The van der Waals surface area contributed by atoms with Crippen molar-refractivity contribution in [2.24, 2.45) is 5.92 Å². The Morgan fingerprint density at radius 1 is 1.35 bits per heavy atom.